The molecule has 0 aromatic heterocycles. The highest BCUT2D eigenvalue weighted by molar-refractivity contribution is 5.00. The van der Waals surface area contributed by atoms with E-state index in [0.29, 0.717) is 25.5 Å². The Balaban J connectivity index is 2.06. The lowest BCUT2D eigenvalue weighted by Crippen LogP contribution is -2.57. The van der Waals surface area contributed by atoms with Gasteiger partial charge in [0.15, 0.2) is 0 Å². The molecule has 1 heterocycles. The van der Waals surface area contributed by atoms with Crippen LogP contribution in [0.15, 0.2) is 0 Å². The molecule has 3 unspecified atom stereocenters. The maximum atomic E-state index is 13.0. The minimum atomic E-state index is -4.09. The highest BCUT2D eigenvalue weighted by Crippen LogP contribution is 2.45. The average Bonchev–Trinajstić information content (AvgIpc) is 2.87. The van der Waals surface area contributed by atoms with Crippen LogP contribution in [0.4, 0.5) is 13.2 Å². The second-order valence-electron chi connectivity index (χ2n) is 6.32. The molecule has 118 valence electrons. The average molecular weight is 294 g/mol. The Hall–Kier alpha value is -0.330. The first-order valence-corrected chi connectivity index (χ1v) is 7.42. The van der Waals surface area contributed by atoms with Crippen LogP contribution in [0.3, 0.4) is 0 Å². The summed E-state index contributed by atoms with van der Waals surface area (Å²) in [4.78, 5) is 2.20. The first-order valence-electron chi connectivity index (χ1n) is 7.42. The SMILES string of the molecule is COCC1CCN(C2(CN)CCCC(C(F)(F)F)C2)C1. The molecule has 0 radical (unpaired) electrons. The third-order valence-electron chi connectivity index (χ3n) is 5.02. The maximum absolute atomic E-state index is 13.0. The summed E-state index contributed by atoms with van der Waals surface area (Å²) in [6.07, 6.45) is -1.28. The van der Waals surface area contributed by atoms with Gasteiger partial charge in [-0.15, -0.1) is 0 Å². The Morgan fingerprint density at radius 1 is 1.35 bits per heavy atom. The molecule has 0 aromatic rings. The van der Waals surface area contributed by atoms with Gasteiger partial charge in [0, 0.05) is 25.7 Å². The highest BCUT2D eigenvalue weighted by Gasteiger charge is 2.50. The van der Waals surface area contributed by atoms with E-state index in [-0.39, 0.29) is 12.8 Å². The highest BCUT2D eigenvalue weighted by atomic mass is 19.4. The molecule has 0 bridgehead atoms. The van der Waals surface area contributed by atoms with Crippen LogP contribution in [0.1, 0.15) is 32.1 Å². The Morgan fingerprint density at radius 3 is 2.70 bits per heavy atom. The van der Waals surface area contributed by atoms with E-state index in [1.807, 2.05) is 0 Å². The number of hydrogen-bond donors (Lipinski definition) is 1. The van der Waals surface area contributed by atoms with Crippen molar-refractivity contribution in [2.24, 2.45) is 17.6 Å². The minimum absolute atomic E-state index is 0.159. The molecule has 1 aliphatic heterocycles. The van der Waals surface area contributed by atoms with Crippen LogP contribution in [-0.2, 0) is 4.74 Å². The number of nitrogens with two attached hydrogens (primary N) is 1. The first-order chi connectivity index (χ1) is 9.41. The van der Waals surface area contributed by atoms with Gasteiger partial charge >= 0.3 is 6.18 Å². The van der Waals surface area contributed by atoms with Gasteiger partial charge in [0.1, 0.15) is 0 Å². The van der Waals surface area contributed by atoms with E-state index in [1.165, 1.54) is 0 Å². The fourth-order valence-corrected chi connectivity index (χ4v) is 3.86. The quantitative estimate of drug-likeness (QED) is 0.865. The second-order valence-corrected chi connectivity index (χ2v) is 6.32. The third kappa shape index (κ3) is 3.28. The standard InChI is InChI=1S/C14H25F3N2O/c1-20-9-11-4-6-19(8-11)13(10-18)5-2-3-12(7-13)14(15,16)17/h11-12H,2-10,18H2,1H3. The van der Waals surface area contributed by atoms with E-state index in [0.717, 1.165) is 25.9 Å². The van der Waals surface area contributed by atoms with Crippen molar-refractivity contribution in [1.82, 2.24) is 4.90 Å². The molecule has 1 saturated carbocycles. The summed E-state index contributed by atoms with van der Waals surface area (Å²) >= 11 is 0. The molecule has 0 spiro atoms. The summed E-state index contributed by atoms with van der Waals surface area (Å²) in [6.45, 7) is 2.66. The number of hydrogen-bond acceptors (Lipinski definition) is 3. The zero-order chi connectivity index (χ0) is 14.8. The Morgan fingerprint density at radius 2 is 2.10 bits per heavy atom. The Kier molecular flexibility index (Phi) is 4.97. The fourth-order valence-electron chi connectivity index (χ4n) is 3.86. The van der Waals surface area contributed by atoms with E-state index in [9.17, 15) is 13.2 Å². The van der Waals surface area contributed by atoms with Crippen molar-refractivity contribution >= 4 is 0 Å². The van der Waals surface area contributed by atoms with E-state index < -0.39 is 17.6 Å². The summed E-state index contributed by atoms with van der Waals surface area (Å²) in [5, 5.41) is 0. The van der Waals surface area contributed by atoms with Gasteiger partial charge in [-0.3, -0.25) is 4.90 Å². The number of likely N-dealkylation sites (tertiary alicyclic amines) is 1. The number of ether oxygens (including phenoxy) is 1. The smallest absolute Gasteiger partial charge is 0.384 e. The molecule has 3 nitrogen and oxygen atoms in total. The summed E-state index contributed by atoms with van der Waals surface area (Å²) in [7, 11) is 1.67. The Bertz CT molecular complexity index is 324. The predicted octanol–water partition coefficient (Wildman–Crippen LogP) is 2.40. The summed E-state index contributed by atoms with van der Waals surface area (Å²) in [6, 6.07) is 0. The van der Waals surface area contributed by atoms with Crippen LogP contribution in [-0.4, -0.2) is 50.0 Å². The number of rotatable bonds is 4. The molecule has 2 aliphatic rings. The van der Waals surface area contributed by atoms with Crippen LogP contribution < -0.4 is 5.73 Å². The van der Waals surface area contributed by atoms with Crippen LogP contribution >= 0.6 is 0 Å². The van der Waals surface area contributed by atoms with Crippen LogP contribution in [0.25, 0.3) is 0 Å². The topological polar surface area (TPSA) is 38.5 Å². The molecular weight excluding hydrogens is 269 g/mol. The van der Waals surface area contributed by atoms with Crippen molar-refractivity contribution in [3.63, 3.8) is 0 Å². The van der Waals surface area contributed by atoms with Crippen molar-refractivity contribution in [2.45, 2.75) is 43.8 Å². The van der Waals surface area contributed by atoms with E-state index in [4.69, 9.17) is 10.5 Å². The van der Waals surface area contributed by atoms with Crippen molar-refractivity contribution < 1.29 is 17.9 Å². The molecule has 2 fully saturated rings. The molecule has 20 heavy (non-hydrogen) atoms. The van der Waals surface area contributed by atoms with Crippen molar-refractivity contribution in [3.8, 4) is 0 Å². The molecule has 0 amide bonds. The Labute approximate surface area is 118 Å². The van der Waals surface area contributed by atoms with Crippen LogP contribution in [0, 0.1) is 11.8 Å². The molecule has 6 heteroatoms. The van der Waals surface area contributed by atoms with Gasteiger partial charge < -0.3 is 10.5 Å². The monoisotopic (exact) mass is 294 g/mol. The molecule has 1 aliphatic carbocycles. The maximum Gasteiger partial charge on any atom is 0.391 e. The fraction of sp³-hybridized carbons (Fsp3) is 1.00. The van der Waals surface area contributed by atoms with Crippen molar-refractivity contribution in [1.29, 1.82) is 0 Å². The zero-order valence-electron chi connectivity index (χ0n) is 12.1. The number of halogens is 3. The van der Waals surface area contributed by atoms with Gasteiger partial charge in [-0.1, -0.05) is 6.42 Å². The van der Waals surface area contributed by atoms with Gasteiger partial charge in [0.2, 0.25) is 0 Å². The predicted molar refractivity (Wildman–Crippen MR) is 71.4 cm³/mol. The van der Waals surface area contributed by atoms with E-state index >= 15 is 0 Å². The molecule has 1 saturated heterocycles. The lowest BCUT2D eigenvalue weighted by molar-refractivity contribution is -0.193. The first kappa shape index (κ1) is 16.0. The lowest BCUT2D eigenvalue weighted by atomic mass is 9.74. The number of methoxy groups -OCH3 is 1. The second kappa shape index (κ2) is 6.20. The van der Waals surface area contributed by atoms with Crippen molar-refractivity contribution in [2.75, 3.05) is 33.4 Å². The summed E-state index contributed by atoms with van der Waals surface area (Å²) < 4.78 is 44.2. The van der Waals surface area contributed by atoms with Crippen molar-refractivity contribution in [3.05, 3.63) is 0 Å². The molecule has 3 atom stereocenters. The molecule has 2 N–H and O–H groups in total. The zero-order valence-corrected chi connectivity index (χ0v) is 12.1. The summed E-state index contributed by atoms with van der Waals surface area (Å²) in [5.41, 5.74) is 5.45. The van der Waals surface area contributed by atoms with Gasteiger partial charge in [-0.05, 0) is 38.1 Å². The molecular formula is C14H25F3N2O. The van der Waals surface area contributed by atoms with Gasteiger partial charge in [0.05, 0.1) is 12.5 Å². The number of alkyl halides is 3. The lowest BCUT2D eigenvalue weighted by Gasteiger charge is -2.47. The largest absolute Gasteiger partial charge is 0.391 e. The minimum Gasteiger partial charge on any atom is -0.384 e. The van der Waals surface area contributed by atoms with Gasteiger partial charge in [-0.2, -0.15) is 13.2 Å². The normalized spacial score (nSPS) is 36.5. The van der Waals surface area contributed by atoms with Gasteiger partial charge in [-0.25, -0.2) is 0 Å². The number of nitrogens with zero attached hydrogens (tertiary/aromatic N) is 1. The summed E-state index contributed by atoms with van der Waals surface area (Å²) in [5.74, 6) is -0.768. The van der Waals surface area contributed by atoms with Gasteiger partial charge in [0.25, 0.3) is 0 Å². The van der Waals surface area contributed by atoms with Crippen LogP contribution in [0.2, 0.25) is 0 Å². The van der Waals surface area contributed by atoms with E-state index in [2.05, 4.69) is 4.90 Å². The van der Waals surface area contributed by atoms with Crippen LogP contribution in [0.5, 0.6) is 0 Å². The molecule has 2 rings (SSSR count). The van der Waals surface area contributed by atoms with E-state index in [1.54, 1.807) is 7.11 Å². The molecule has 0 aromatic carbocycles. The third-order valence-corrected chi connectivity index (χ3v) is 5.02.